The maximum atomic E-state index is 12.7. The van der Waals surface area contributed by atoms with Crippen molar-refractivity contribution in [2.24, 2.45) is 5.92 Å². The monoisotopic (exact) mass is 341 g/mol. The predicted octanol–water partition coefficient (Wildman–Crippen LogP) is 1.30. The van der Waals surface area contributed by atoms with Crippen LogP contribution in [0.5, 0.6) is 0 Å². The van der Waals surface area contributed by atoms with E-state index in [1.807, 2.05) is 0 Å². The van der Waals surface area contributed by atoms with Gasteiger partial charge in [0.05, 0.1) is 11.1 Å². The number of hydrogen-bond acceptors (Lipinski definition) is 5. The molecule has 1 saturated heterocycles. The standard InChI is InChI=1S/C18H19N3O4/c22-15-7-6-14(16(23)20-15)21-17(24)12-5-4-11(8-13(12)18(21)25)19-9-10-2-1-3-10/h4-5,8,10,14,19H,1-3,6-7,9H2,(H,20,22,23). The first-order chi connectivity index (χ1) is 12.0. The Balaban J connectivity index is 1.54. The van der Waals surface area contributed by atoms with Crippen LogP contribution < -0.4 is 10.6 Å². The van der Waals surface area contributed by atoms with Gasteiger partial charge in [-0.15, -0.1) is 0 Å². The molecule has 0 radical (unpaired) electrons. The summed E-state index contributed by atoms with van der Waals surface area (Å²) < 4.78 is 0. The normalized spacial score (nSPS) is 23.4. The number of anilines is 1. The average Bonchev–Trinajstić information content (AvgIpc) is 2.78. The van der Waals surface area contributed by atoms with Crippen molar-refractivity contribution in [1.29, 1.82) is 0 Å². The average molecular weight is 341 g/mol. The summed E-state index contributed by atoms with van der Waals surface area (Å²) in [5, 5.41) is 5.51. The van der Waals surface area contributed by atoms with Gasteiger partial charge in [0.2, 0.25) is 11.8 Å². The fourth-order valence-electron chi connectivity index (χ4n) is 3.54. The summed E-state index contributed by atoms with van der Waals surface area (Å²) in [5.74, 6) is -1.23. The molecule has 1 saturated carbocycles. The Bertz CT molecular complexity index is 785. The lowest BCUT2D eigenvalue weighted by Gasteiger charge is -2.27. The number of carbonyl (C=O) groups excluding carboxylic acids is 4. The number of imide groups is 2. The highest BCUT2D eigenvalue weighted by molar-refractivity contribution is 6.23. The summed E-state index contributed by atoms with van der Waals surface area (Å²) in [6.07, 6.45) is 4.00. The summed E-state index contributed by atoms with van der Waals surface area (Å²) >= 11 is 0. The van der Waals surface area contributed by atoms with E-state index in [1.54, 1.807) is 18.2 Å². The number of nitrogens with one attached hydrogen (secondary N) is 2. The van der Waals surface area contributed by atoms with Crippen molar-refractivity contribution in [2.45, 2.75) is 38.1 Å². The van der Waals surface area contributed by atoms with Gasteiger partial charge in [-0.05, 0) is 43.4 Å². The molecule has 1 aliphatic carbocycles. The zero-order valence-corrected chi connectivity index (χ0v) is 13.7. The van der Waals surface area contributed by atoms with Crippen LogP contribution in [0.1, 0.15) is 52.8 Å². The fraction of sp³-hybridized carbons (Fsp3) is 0.444. The van der Waals surface area contributed by atoms with Crippen LogP contribution in [0.2, 0.25) is 0 Å². The van der Waals surface area contributed by atoms with Gasteiger partial charge in [0.15, 0.2) is 0 Å². The van der Waals surface area contributed by atoms with Gasteiger partial charge in [0, 0.05) is 18.7 Å². The van der Waals surface area contributed by atoms with Gasteiger partial charge in [-0.1, -0.05) is 6.42 Å². The summed E-state index contributed by atoms with van der Waals surface area (Å²) in [7, 11) is 0. The molecule has 0 bridgehead atoms. The number of hydrogen-bond donors (Lipinski definition) is 2. The van der Waals surface area contributed by atoms with Crippen molar-refractivity contribution in [3.8, 4) is 0 Å². The molecule has 0 aromatic heterocycles. The van der Waals surface area contributed by atoms with E-state index in [0.29, 0.717) is 17.0 Å². The minimum absolute atomic E-state index is 0.123. The molecular weight excluding hydrogens is 322 g/mol. The molecule has 2 N–H and O–H groups in total. The molecule has 1 atom stereocenters. The van der Waals surface area contributed by atoms with E-state index in [2.05, 4.69) is 10.6 Å². The van der Waals surface area contributed by atoms with E-state index in [9.17, 15) is 19.2 Å². The number of amides is 4. The first-order valence-electron chi connectivity index (χ1n) is 8.64. The van der Waals surface area contributed by atoms with E-state index in [0.717, 1.165) is 17.1 Å². The van der Waals surface area contributed by atoms with E-state index in [-0.39, 0.29) is 18.7 Å². The maximum absolute atomic E-state index is 12.7. The molecule has 1 aromatic rings. The van der Waals surface area contributed by atoms with Crippen LogP contribution in [0.3, 0.4) is 0 Å². The number of rotatable bonds is 4. The van der Waals surface area contributed by atoms with Gasteiger partial charge in [0.25, 0.3) is 11.8 Å². The third-order valence-electron chi connectivity index (χ3n) is 5.26. The van der Waals surface area contributed by atoms with Gasteiger partial charge in [0.1, 0.15) is 6.04 Å². The third-order valence-corrected chi connectivity index (χ3v) is 5.26. The van der Waals surface area contributed by atoms with Crippen molar-refractivity contribution in [3.63, 3.8) is 0 Å². The molecule has 7 heteroatoms. The largest absolute Gasteiger partial charge is 0.385 e. The SMILES string of the molecule is O=C1CCC(N2C(=O)c3ccc(NCC4CCC4)cc3C2=O)C(=O)N1. The van der Waals surface area contributed by atoms with Crippen molar-refractivity contribution >= 4 is 29.3 Å². The fourth-order valence-corrected chi connectivity index (χ4v) is 3.54. The summed E-state index contributed by atoms with van der Waals surface area (Å²) in [6.45, 7) is 0.859. The second-order valence-corrected chi connectivity index (χ2v) is 6.89. The van der Waals surface area contributed by atoms with Gasteiger partial charge in [-0.2, -0.15) is 0 Å². The van der Waals surface area contributed by atoms with Crippen molar-refractivity contribution in [2.75, 3.05) is 11.9 Å². The minimum Gasteiger partial charge on any atom is -0.385 e. The minimum atomic E-state index is -0.920. The van der Waals surface area contributed by atoms with Crippen LogP contribution in [0.25, 0.3) is 0 Å². The van der Waals surface area contributed by atoms with Crippen molar-refractivity contribution in [1.82, 2.24) is 10.2 Å². The number of nitrogens with zero attached hydrogens (tertiary/aromatic N) is 1. The van der Waals surface area contributed by atoms with E-state index < -0.39 is 23.8 Å². The lowest BCUT2D eigenvalue weighted by Crippen LogP contribution is -2.54. The zero-order valence-electron chi connectivity index (χ0n) is 13.7. The number of carbonyl (C=O) groups is 4. The van der Waals surface area contributed by atoms with Crippen LogP contribution in [0.4, 0.5) is 5.69 Å². The zero-order chi connectivity index (χ0) is 17.6. The molecule has 1 unspecified atom stereocenters. The first kappa shape index (κ1) is 15.8. The Kier molecular flexibility index (Phi) is 3.78. The summed E-state index contributed by atoms with van der Waals surface area (Å²) in [4.78, 5) is 49.6. The van der Waals surface area contributed by atoms with Gasteiger partial charge < -0.3 is 5.32 Å². The van der Waals surface area contributed by atoms with Crippen LogP contribution in [-0.2, 0) is 9.59 Å². The smallest absolute Gasteiger partial charge is 0.262 e. The van der Waals surface area contributed by atoms with E-state index >= 15 is 0 Å². The Morgan fingerprint density at radius 1 is 1.04 bits per heavy atom. The lowest BCUT2D eigenvalue weighted by molar-refractivity contribution is -0.136. The van der Waals surface area contributed by atoms with Crippen LogP contribution in [0, 0.1) is 5.92 Å². The topological polar surface area (TPSA) is 95.6 Å². The molecule has 2 heterocycles. The van der Waals surface area contributed by atoms with Crippen LogP contribution in [0.15, 0.2) is 18.2 Å². The Hall–Kier alpha value is -2.70. The molecule has 25 heavy (non-hydrogen) atoms. The van der Waals surface area contributed by atoms with Crippen molar-refractivity contribution in [3.05, 3.63) is 29.3 Å². The predicted molar refractivity (Wildman–Crippen MR) is 88.9 cm³/mol. The Labute approximate surface area is 144 Å². The summed E-state index contributed by atoms with van der Waals surface area (Å²) in [5.41, 5.74) is 1.43. The molecule has 2 aliphatic heterocycles. The van der Waals surface area contributed by atoms with Gasteiger partial charge in [-0.3, -0.25) is 29.4 Å². The van der Waals surface area contributed by atoms with Crippen LogP contribution >= 0.6 is 0 Å². The van der Waals surface area contributed by atoms with Crippen molar-refractivity contribution < 1.29 is 19.2 Å². The van der Waals surface area contributed by atoms with Gasteiger partial charge >= 0.3 is 0 Å². The molecule has 2 fully saturated rings. The molecule has 0 spiro atoms. The summed E-state index contributed by atoms with van der Waals surface area (Å²) in [6, 6.07) is 4.18. The van der Waals surface area contributed by atoms with Gasteiger partial charge in [-0.25, -0.2) is 0 Å². The molecule has 7 nitrogen and oxygen atoms in total. The molecular formula is C18H19N3O4. The quantitative estimate of drug-likeness (QED) is 0.805. The van der Waals surface area contributed by atoms with E-state index in [4.69, 9.17) is 0 Å². The molecule has 4 amide bonds. The molecule has 130 valence electrons. The highest BCUT2D eigenvalue weighted by atomic mass is 16.2. The molecule has 4 rings (SSSR count). The number of piperidine rings is 1. The van der Waals surface area contributed by atoms with Crippen LogP contribution in [-0.4, -0.2) is 41.1 Å². The highest BCUT2D eigenvalue weighted by Crippen LogP contribution is 2.30. The second kappa shape index (κ2) is 5.98. The second-order valence-electron chi connectivity index (χ2n) is 6.89. The molecule has 3 aliphatic rings. The van der Waals surface area contributed by atoms with E-state index in [1.165, 1.54) is 19.3 Å². The highest BCUT2D eigenvalue weighted by Gasteiger charge is 2.44. The lowest BCUT2D eigenvalue weighted by atomic mass is 9.85. The Morgan fingerprint density at radius 2 is 1.80 bits per heavy atom. The third kappa shape index (κ3) is 2.69. The molecule has 1 aromatic carbocycles. The maximum Gasteiger partial charge on any atom is 0.262 e. The number of fused-ring (bicyclic) bond motifs is 1. The Morgan fingerprint density at radius 3 is 2.48 bits per heavy atom. The first-order valence-corrected chi connectivity index (χ1v) is 8.64. The number of benzene rings is 1.